The van der Waals surface area contributed by atoms with Crippen LogP contribution in [-0.2, 0) is 4.74 Å². The summed E-state index contributed by atoms with van der Waals surface area (Å²) in [5.41, 5.74) is 0.244. The fraction of sp³-hybridized carbons (Fsp3) is 0.462. The van der Waals surface area contributed by atoms with Crippen LogP contribution in [0.25, 0.3) is 0 Å². The van der Waals surface area contributed by atoms with Crippen molar-refractivity contribution < 1.29 is 14.3 Å². The quantitative estimate of drug-likeness (QED) is 0.608. The molecular weight excluding hydrogens is 325 g/mol. The Morgan fingerprint density at radius 3 is 2.60 bits per heavy atom. The summed E-state index contributed by atoms with van der Waals surface area (Å²) in [4.78, 5) is 11.6. The van der Waals surface area contributed by atoms with Crippen molar-refractivity contribution in [3.8, 4) is 5.75 Å². The summed E-state index contributed by atoms with van der Waals surface area (Å²) in [6, 6.07) is 3.03. The molecule has 1 rings (SSSR count). The lowest BCUT2D eigenvalue weighted by Gasteiger charge is -2.12. The fourth-order valence-corrected chi connectivity index (χ4v) is 2.09. The van der Waals surface area contributed by atoms with Crippen molar-refractivity contribution in [2.45, 2.75) is 12.8 Å². The molecule has 0 fully saturated rings. The van der Waals surface area contributed by atoms with Gasteiger partial charge in [0.2, 0.25) is 0 Å². The molecule has 0 aliphatic rings. The largest absolute Gasteiger partial charge is 0.491 e. The van der Waals surface area contributed by atoms with Crippen LogP contribution in [0.4, 0.5) is 0 Å². The Balaban J connectivity index is 0.00000361. The number of nitrogens with one attached hydrogen (secondary N) is 1. The third-order valence-corrected chi connectivity index (χ3v) is 2.98. The molecule has 0 unspecified atom stereocenters. The smallest absolute Gasteiger partial charge is 0.341 e. The number of benzene rings is 1. The number of hydrogen-bond donors (Lipinski definition) is 1. The van der Waals surface area contributed by atoms with E-state index in [0.717, 1.165) is 19.4 Å². The molecule has 0 heterocycles. The van der Waals surface area contributed by atoms with E-state index in [9.17, 15) is 4.79 Å². The van der Waals surface area contributed by atoms with Gasteiger partial charge in [-0.2, -0.15) is 0 Å². The molecule has 0 aromatic heterocycles. The fourth-order valence-electron chi connectivity index (χ4n) is 1.55. The zero-order chi connectivity index (χ0) is 14.3. The lowest BCUT2D eigenvalue weighted by atomic mass is 10.2. The van der Waals surface area contributed by atoms with Gasteiger partial charge in [-0.25, -0.2) is 4.79 Å². The summed E-state index contributed by atoms with van der Waals surface area (Å²) in [5.74, 6) is -0.197. The molecule has 1 aromatic rings. The van der Waals surface area contributed by atoms with Crippen LogP contribution in [0.2, 0.25) is 10.0 Å². The minimum Gasteiger partial charge on any atom is -0.491 e. The van der Waals surface area contributed by atoms with E-state index in [1.165, 1.54) is 13.2 Å². The number of esters is 1. The SMILES string of the molecule is CNCCCCOc1c(Cl)cc(Cl)cc1C(=O)OC.Cl. The molecule has 20 heavy (non-hydrogen) atoms. The molecule has 0 radical (unpaired) electrons. The van der Waals surface area contributed by atoms with Gasteiger partial charge in [-0.3, -0.25) is 0 Å². The Morgan fingerprint density at radius 1 is 1.30 bits per heavy atom. The van der Waals surface area contributed by atoms with Crippen LogP contribution in [0.3, 0.4) is 0 Å². The average Bonchev–Trinajstić information content (AvgIpc) is 2.39. The molecule has 114 valence electrons. The first-order chi connectivity index (χ1) is 9.10. The summed E-state index contributed by atoms with van der Waals surface area (Å²) >= 11 is 11.9. The second-order valence-corrected chi connectivity index (χ2v) is 4.76. The standard InChI is InChI=1S/C13H17Cl2NO3.ClH/c1-16-5-3-4-6-19-12-10(13(17)18-2)7-9(14)8-11(12)15;/h7-8,16H,3-6H2,1-2H3;1H. The first-order valence-corrected chi connectivity index (χ1v) is 6.70. The molecule has 1 aromatic carbocycles. The van der Waals surface area contributed by atoms with Gasteiger partial charge in [0, 0.05) is 5.02 Å². The van der Waals surface area contributed by atoms with Crippen molar-refractivity contribution in [1.29, 1.82) is 0 Å². The van der Waals surface area contributed by atoms with Crippen molar-refractivity contribution in [3.63, 3.8) is 0 Å². The predicted molar refractivity (Wildman–Crippen MR) is 83.7 cm³/mol. The van der Waals surface area contributed by atoms with E-state index >= 15 is 0 Å². The molecular formula is C13H18Cl3NO3. The van der Waals surface area contributed by atoms with Gasteiger partial charge >= 0.3 is 5.97 Å². The highest BCUT2D eigenvalue weighted by molar-refractivity contribution is 6.36. The summed E-state index contributed by atoms with van der Waals surface area (Å²) in [7, 11) is 3.19. The lowest BCUT2D eigenvalue weighted by Crippen LogP contribution is -2.11. The maximum absolute atomic E-state index is 11.6. The Hall–Kier alpha value is -0.680. The zero-order valence-corrected chi connectivity index (χ0v) is 13.7. The number of rotatable bonds is 7. The number of methoxy groups -OCH3 is 1. The number of hydrogen-bond acceptors (Lipinski definition) is 4. The van der Waals surface area contributed by atoms with Crippen LogP contribution >= 0.6 is 35.6 Å². The van der Waals surface area contributed by atoms with E-state index in [-0.39, 0.29) is 18.0 Å². The van der Waals surface area contributed by atoms with E-state index in [4.69, 9.17) is 27.9 Å². The van der Waals surface area contributed by atoms with Gasteiger partial charge in [-0.15, -0.1) is 12.4 Å². The highest BCUT2D eigenvalue weighted by atomic mass is 35.5. The van der Waals surface area contributed by atoms with Crippen molar-refractivity contribution >= 4 is 41.6 Å². The highest BCUT2D eigenvalue weighted by Gasteiger charge is 2.17. The van der Waals surface area contributed by atoms with Crippen molar-refractivity contribution in [2.24, 2.45) is 0 Å². The van der Waals surface area contributed by atoms with Gasteiger partial charge in [-0.1, -0.05) is 23.2 Å². The van der Waals surface area contributed by atoms with Crippen molar-refractivity contribution in [1.82, 2.24) is 5.32 Å². The molecule has 0 amide bonds. The second-order valence-electron chi connectivity index (χ2n) is 3.92. The third kappa shape index (κ3) is 5.75. The van der Waals surface area contributed by atoms with Crippen LogP contribution < -0.4 is 10.1 Å². The monoisotopic (exact) mass is 341 g/mol. The molecule has 1 N–H and O–H groups in total. The van der Waals surface area contributed by atoms with E-state index < -0.39 is 5.97 Å². The minimum atomic E-state index is -0.519. The molecule has 0 saturated heterocycles. The second kappa shape index (κ2) is 10.1. The summed E-state index contributed by atoms with van der Waals surface area (Å²) in [6.45, 7) is 1.40. The zero-order valence-electron chi connectivity index (χ0n) is 11.4. The summed E-state index contributed by atoms with van der Waals surface area (Å²) in [5, 5.41) is 3.73. The number of halogens is 3. The van der Waals surface area contributed by atoms with Crippen LogP contribution in [0.5, 0.6) is 5.75 Å². The maximum Gasteiger partial charge on any atom is 0.341 e. The van der Waals surface area contributed by atoms with E-state index in [2.05, 4.69) is 10.1 Å². The molecule has 0 atom stereocenters. The van der Waals surface area contributed by atoms with Gasteiger partial charge in [0.25, 0.3) is 0 Å². The first kappa shape index (κ1) is 19.3. The Morgan fingerprint density at radius 2 is 2.00 bits per heavy atom. The Labute approximate surface area is 135 Å². The number of unbranched alkanes of at least 4 members (excludes halogenated alkanes) is 1. The molecule has 0 aliphatic heterocycles. The topological polar surface area (TPSA) is 47.6 Å². The molecule has 0 bridgehead atoms. The number of carbonyl (C=O) groups is 1. The van der Waals surface area contributed by atoms with E-state index in [0.29, 0.717) is 22.4 Å². The van der Waals surface area contributed by atoms with Gasteiger partial charge in [0.15, 0.2) is 5.75 Å². The molecule has 4 nitrogen and oxygen atoms in total. The molecule has 0 saturated carbocycles. The number of ether oxygens (including phenoxy) is 2. The van der Waals surface area contributed by atoms with Crippen LogP contribution in [0.1, 0.15) is 23.2 Å². The van der Waals surface area contributed by atoms with Crippen LogP contribution in [0, 0.1) is 0 Å². The third-order valence-electron chi connectivity index (χ3n) is 2.48. The Kier molecular flexibility index (Phi) is 9.76. The first-order valence-electron chi connectivity index (χ1n) is 5.95. The molecule has 7 heteroatoms. The minimum absolute atomic E-state index is 0. The summed E-state index contributed by atoms with van der Waals surface area (Å²) < 4.78 is 10.3. The summed E-state index contributed by atoms with van der Waals surface area (Å²) in [6.07, 6.45) is 1.84. The van der Waals surface area contributed by atoms with Crippen LogP contribution in [-0.4, -0.2) is 33.3 Å². The molecule has 0 spiro atoms. The number of carbonyl (C=O) groups excluding carboxylic acids is 1. The molecule has 0 aliphatic carbocycles. The van der Waals surface area contributed by atoms with Gasteiger partial charge < -0.3 is 14.8 Å². The van der Waals surface area contributed by atoms with E-state index in [1.54, 1.807) is 6.07 Å². The van der Waals surface area contributed by atoms with Gasteiger partial charge in [-0.05, 0) is 38.6 Å². The van der Waals surface area contributed by atoms with Crippen LogP contribution in [0.15, 0.2) is 12.1 Å². The highest BCUT2D eigenvalue weighted by Crippen LogP contribution is 2.33. The lowest BCUT2D eigenvalue weighted by molar-refractivity contribution is 0.0596. The van der Waals surface area contributed by atoms with E-state index in [1.807, 2.05) is 7.05 Å². The van der Waals surface area contributed by atoms with Crippen molar-refractivity contribution in [2.75, 3.05) is 27.3 Å². The average molecular weight is 343 g/mol. The Bertz CT molecular complexity index is 441. The predicted octanol–water partition coefficient (Wildman–Crippen LogP) is 3.58. The van der Waals surface area contributed by atoms with Gasteiger partial charge in [0.05, 0.1) is 18.7 Å². The maximum atomic E-state index is 11.6. The van der Waals surface area contributed by atoms with Crippen molar-refractivity contribution in [3.05, 3.63) is 27.7 Å². The van der Waals surface area contributed by atoms with Gasteiger partial charge in [0.1, 0.15) is 5.56 Å². The normalized spacial score (nSPS) is 9.80.